The predicted molar refractivity (Wildman–Crippen MR) is 106 cm³/mol. The van der Waals surface area contributed by atoms with Crippen molar-refractivity contribution >= 4 is 5.91 Å². The minimum Gasteiger partial charge on any atom is -0.329 e. The topological polar surface area (TPSA) is 51.0 Å². The molecule has 0 spiro atoms. The first-order valence-electron chi connectivity index (χ1n) is 9.30. The number of hydrogen-bond donors (Lipinski definition) is 0. The van der Waals surface area contributed by atoms with Gasteiger partial charge in [-0.3, -0.25) is 14.5 Å². The minimum atomic E-state index is -0.0510. The molecule has 0 saturated heterocycles. The zero-order chi connectivity index (χ0) is 19.2. The summed E-state index contributed by atoms with van der Waals surface area (Å²) in [6, 6.07) is 18.1. The van der Waals surface area contributed by atoms with Gasteiger partial charge in [0.05, 0.1) is 12.2 Å². The Balaban J connectivity index is 1.78. The van der Waals surface area contributed by atoms with Crippen LogP contribution in [0.1, 0.15) is 40.8 Å². The fourth-order valence-electron chi connectivity index (χ4n) is 3.08. The van der Waals surface area contributed by atoms with E-state index in [2.05, 4.69) is 29.1 Å². The van der Waals surface area contributed by atoms with Crippen molar-refractivity contribution in [1.29, 1.82) is 0 Å². The number of benzene rings is 1. The molecule has 0 saturated carbocycles. The molecule has 0 radical (unpaired) electrons. The van der Waals surface area contributed by atoms with Gasteiger partial charge in [-0.1, -0.05) is 36.4 Å². The van der Waals surface area contributed by atoms with Gasteiger partial charge < -0.3 is 4.90 Å². The Morgan fingerprint density at radius 2 is 1.89 bits per heavy atom. The highest BCUT2D eigenvalue weighted by atomic mass is 16.2. The molecule has 140 valence electrons. The first-order chi connectivity index (χ1) is 13.0. The number of nitrogens with zero attached hydrogens (tertiary/aromatic N) is 4. The summed E-state index contributed by atoms with van der Waals surface area (Å²) < 4.78 is 1.74. The Morgan fingerprint density at radius 3 is 2.52 bits per heavy atom. The van der Waals surface area contributed by atoms with E-state index in [-0.39, 0.29) is 11.9 Å². The van der Waals surface area contributed by atoms with Crippen LogP contribution in [0.4, 0.5) is 0 Å². The van der Waals surface area contributed by atoms with Gasteiger partial charge in [-0.2, -0.15) is 5.10 Å². The van der Waals surface area contributed by atoms with Gasteiger partial charge in [0.1, 0.15) is 0 Å². The van der Waals surface area contributed by atoms with E-state index in [0.29, 0.717) is 12.2 Å². The largest absolute Gasteiger partial charge is 0.329 e. The van der Waals surface area contributed by atoms with E-state index in [0.717, 1.165) is 24.2 Å². The van der Waals surface area contributed by atoms with E-state index in [4.69, 9.17) is 0 Å². The maximum Gasteiger partial charge on any atom is 0.274 e. The molecule has 5 heteroatoms. The standard InChI is InChI=1S/C22H26N4O/c1-17(12-13-19-9-5-4-6-10-19)26(16-20-11-7-8-14-23-20)22(27)21-15-18(2)25(3)24-21/h4-11,14-15,17H,12-13,16H2,1-3H3. The molecular formula is C22H26N4O. The lowest BCUT2D eigenvalue weighted by Gasteiger charge is -2.28. The molecule has 1 atom stereocenters. The lowest BCUT2D eigenvalue weighted by molar-refractivity contribution is 0.0657. The van der Waals surface area contributed by atoms with Gasteiger partial charge in [-0.15, -0.1) is 0 Å². The summed E-state index contributed by atoms with van der Waals surface area (Å²) in [6.07, 6.45) is 3.57. The van der Waals surface area contributed by atoms with Gasteiger partial charge in [-0.05, 0) is 50.5 Å². The van der Waals surface area contributed by atoms with Crippen LogP contribution < -0.4 is 0 Å². The maximum atomic E-state index is 13.2. The van der Waals surface area contributed by atoms with Gasteiger partial charge >= 0.3 is 0 Å². The van der Waals surface area contributed by atoms with Crippen molar-refractivity contribution in [2.75, 3.05) is 0 Å². The second-order valence-corrected chi connectivity index (χ2v) is 6.92. The Bertz CT molecular complexity index is 854. The van der Waals surface area contributed by atoms with E-state index in [9.17, 15) is 4.79 Å². The Morgan fingerprint density at radius 1 is 1.15 bits per heavy atom. The van der Waals surface area contributed by atoms with Crippen molar-refractivity contribution in [2.45, 2.75) is 39.3 Å². The van der Waals surface area contributed by atoms with E-state index < -0.39 is 0 Å². The molecule has 0 N–H and O–H groups in total. The number of carbonyl (C=O) groups excluding carboxylic acids is 1. The van der Waals surface area contributed by atoms with E-state index in [1.165, 1.54) is 5.56 Å². The fraction of sp³-hybridized carbons (Fsp3) is 0.318. The third-order valence-corrected chi connectivity index (χ3v) is 4.88. The van der Waals surface area contributed by atoms with E-state index in [1.807, 2.05) is 61.3 Å². The molecule has 0 fully saturated rings. The quantitative estimate of drug-likeness (QED) is 0.643. The van der Waals surface area contributed by atoms with Crippen LogP contribution in [0, 0.1) is 6.92 Å². The van der Waals surface area contributed by atoms with Crippen LogP contribution in [0.15, 0.2) is 60.8 Å². The maximum absolute atomic E-state index is 13.2. The van der Waals surface area contributed by atoms with Crippen LogP contribution in [0.3, 0.4) is 0 Å². The predicted octanol–water partition coefficient (Wildman–Crippen LogP) is 3.79. The lowest BCUT2D eigenvalue weighted by Crippen LogP contribution is -2.39. The number of aryl methyl sites for hydroxylation is 3. The Hall–Kier alpha value is -2.95. The van der Waals surface area contributed by atoms with Gasteiger partial charge in [0.15, 0.2) is 5.69 Å². The monoisotopic (exact) mass is 362 g/mol. The van der Waals surface area contributed by atoms with Crippen molar-refractivity contribution in [2.24, 2.45) is 7.05 Å². The first-order valence-corrected chi connectivity index (χ1v) is 9.30. The summed E-state index contributed by atoms with van der Waals surface area (Å²) in [4.78, 5) is 19.5. The zero-order valence-corrected chi connectivity index (χ0v) is 16.2. The summed E-state index contributed by atoms with van der Waals surface area (Å²) >= 11 is 0. The highest BCUT2D eigenvalue weighted by Gasteiger charge is 2.24. The first kappa shape index (κ1) is 18.8. The summed E-state index contributed by atoms with van der Waals surface area (Å²) in [5.41, 5.74) is 3.61. The van der Waals surface area contributed by atoms with Gasteiger partial charge in [0.25, 0.3) is 5.91 Å². The van der Waals surface area contributed by atoms with Crippen molar-refractivity contribution in [3.8, 4) is 0 Å². The number of hydrogen-bond acceptors (Lipinski definition) is 3. The van der Waals surface area contributed by atoms with Crippen molar-refractivity contribution < 1.29 is 4.79 Å². The van der Waals surface area contributed by atoms with Crippen molar-refractivity contribution in [3.05, 3.63) is 83.4 Å². The van der Waals surface area contributed by atoms with Crippen LogP contribution in [-0.2, 0) is 20.0 Å². The smallest absolute Gasteiger partial charge is 0.274 e. The van der Waals surface area contributed by atoms with Gasteiger partial charge in [-0.25, -0.2) is 0 Å². The van der Waals surface area contributed by atoms with Crippen molar-refractivity contribution in [1.82, 2.24) is 19.7 Å². The normalized spacial score (nSPS) is 12.0. The minimum absolute atomic E-state index is 0.0510. The summed E-state index contributed by atoms with van der Waals surface area (Å²) in [7, 11) is 1.86. The van der Waals surface area contributed by atoms with Crippen LogP contribution in [0.25, 0.3) is 0 Å². The molecule has 3 aromatic rings. The zero-order valence-electron chi connectivity index (χ0n) is 16.2. The molecule has 1 unspecified atom stereocenters. The van der Waals surface area contributed by atoms with Crippen molar-refractivity contribution in [3.63, 3.8) is 0 Å². The molecule has 0 aliphatic rings. The number of carbonyl (C=O) groups is 1. The fourth-order valence-corrected chi connectivity index (χ4v) is 3.08. The highest BCUT2D eigenvalue weighted by Crippen LogP contribution is 2.16. The van der Waals surface area contributed by atoms with Crippen LogP contribution >= 0.6 is 0 Å². The van der Waals surface area contributed by atoms with Crippen LogP contribution in [-0.4, -0.2) is 31.6 Å². The molecular weight excluding hydrogens is 336 g/mol. The SMILES string of the molecule is Cc1cc(C(=O)N(Cc2ccccn2)C(C)CCc2ccccc2)nn1C. The summed E-state index contributed by atoms with van der Waals surface area (Å²) in [5, 5.41) is 4.38. The molecule has 3 rings (SSSR count). The van der Waals surface area contributed by atoms with Crippen LogP contribution in [0.5, 0.6) is 0 Å². The van der Waals surface area contributed by atoms with Gasteiger partial charge in [0, 0.05) is 25.0 Å². The third kappa shape index (κ3) is 4.82. The molecule has 0 bridgehead atoms. The number of rotatable bonds is 7. The Kier molecular flexibility index (Phi) is 6.01. The Labute approximate surface area is 160 Å². The van der Waals surface area contributed by atoms with Gasteiger partial charge in [0.2, 0.25) is 0 Å². The number of pyridine rings is 1. The summed E-state index contributed by atoms with van der Waals surface area (Å²) in [6.45, 7) is 4.52. The third-order valence-electron chi connectivity index (χ3n) is 4.88. The molecule has 0 aliphatic heterocycles. The lowest BCUT2D eigenvalue weighted by atomic mass is 10.0. The number of amides is 1. The second kappa shape index (κ2) is 8.62. The molecule has 27 heavy (non-hydrogen) atoms. The molecule has 1 aromatic carbocycles. The van der Waals surface area contributed by atoms with E-state index >= 15 is 0 Å². The van der Waals surface area contributed by atoms with E-state index in [1.54, 1.807) is 10.9 Å². The molecule has 2 aromatic heterocycles. The number of aromatic nitrogens is 3. The molecule has 2 heterocycles. The molecule has 5 nitrogen and oxygen atoms in total. The second-order valence-electron chi connectivity index (χ2n) is 6.92. The molecule has 1 amide bonds. The summed E-state index contributed by atoms with van der Waals surface area (Å²) in [5.74, 6) is -0.0510. The molecule has 0 aliphatic carbocycles. The highest BCUT2D eigenvalue weighted by molar-refractivity contribution is 5.92. The average Bonchev–Trinajstić information content (AvgIpc) is 3.04. The van der Waals surface area contributed by atoms with Crippen LogP contribution in [0.2, 0.25) is 0 Å². The average molecular weight is 362 g/mol.